The van der Waals surface area contributed by atoms with E-state index in [0.717, 1.165) is 88.6 Å². The summed E-state index contributed by atoms with van der Waals surface area (Å²) < 4.78 is 0. The number of nitrogens with zero attached hydrogens (tertiary/aromatic N) is 6. The summed E-state index contributed by atoms with van der Waals surface area (Å²) in [4.78, 5) is 28.8. The molecule has 0 radical (unpaired) electrons. The highest BCUT2D eigenvalue weighted by Gasteiger charge is 2.16. The van der Waals surface area contributed by atoms with Gasteiger partial charge >= 0.3 is 0 Å². The Labute approximate surface area is 264 Å². The van der Waals surface area contributed by atoms with Crippen molar-refractivity contribution in [3.05, 3.63) is 146 Å². The highest BCUT2D eigenvalue weighted by atomic mass is 14.8. The lowest BCUT2D eigenvalue weighted by molar-refractivity contribution is 1.22. The molecule has 6 nitrogen and oxygen atoms in total. The Morgan fingerprint density at radius 2 is 1.09 bits per heavy atom. The van der Waals surface area contributed by atoms with Crippen molar-refractivity contribution in [1.82, 2.24) is 29.9 Å². The fourth-order valence-electron chi connectivity index (χ4n) is 6.26. The lowest BCUT2D eigenvalue weighted by atomic mass is 9.96. The van der Waals surface area contributed by atoms with Gasteiger partial charge in [0.2, 0.25) is 0 Å². The van der Waals surface area contributed by atoms with E-state index in [4.69, 9.17) is 15.0 Å². The number of rotatable bonds is 4. The fourth-order valence-corrected chi connectivity index (χ4v) is 6.26. The molecule has 3 aromatic carbocycles. The molecule has 0 saturated carbocycles. The smallest absolute Gasteiger partial charge is 0.0971 e. The first kappa shape index (κ1) is 26.0. The number of aromatic nitrogens is 6. The van der Waals surface area contributed by atoms with Crippen LogP contribution in [0.3, 0.4) is 0 Å². The van der Waals surface area contributed by atoms with Crippen molar-refractivity contribution in [2.75, 3.05) is 0 Å². The Balaban J connectivity index is 1.21. The molecule has 0 saturated heterocycles. The van der Waals surface area contributed by atoms with E-state index in [1.807, 2.05) is 60.9 Å². The van der Waals surface area contributed by atoms with Crippen LogP contribution in [-0.4, -0.2) is 29.9 Å². The molecule has 0 aliphatic rings. The summed E-state index contributed by atoms with van der Waals surface area (Å²) in [6.45, 7) is 0. The van der Waals surface area contributed by atoms with E-state index in [-0.39, 0.29) is 0 Å². The Morgan fingerprint density at radius 3 is 1.83 bits per heavy atom. The molecule has 0 aliphatic carbocycles. The third-order valence-electron chi connectivity index (χ3n) is 8.44. The van der Waals surface area contributed by atoms with Gasteiger partial charge in [0.15, 0.2) is 0 Å². The molecule has 0 amide bonds. The normalized spacial score (nSPS) is 11.5. The van der Waals surface area contributed by atoms with Gasteiger partial charge in [0.25, 0.3) is 0 Å². The first-order valence-electron chi connectivity index (χ1n) is 15.1. The van der Waals surface area contributed by atoms with Gasteiger partial charge in [0.1, 0.15) is 0 Å². The van der Waals surface area contributed by atoms with Crippen LogP contribution in [0.2, 0.25) is 0 Å². The second-order valence-electron chi connectivity index (χ2n) is 11.2. The zero-order valence-electron chi connectivity index (χ0n) is 24.5. The topological polar surface area (TPSA) is 77.3 Å². The SMILES string of the molecule is c1ccc(-c2cc(-c3ccc(-c4nc5ccccc5c5c4cnc4c5ccc5cccnc54)cc3)cc(-c3ccccn3)n2)nc1. The molecule has 0 N–H and O–H groups in total. The number of fused-ring (bicyclic) bond motifs is 7. The second-order valence-corrected chi connectivity index (χ2v) is 11.2. The van der Waals surface area contributed by atoms with Crippen LogP contribution in [0, 0.1) is 0 Å². The van der Waals surface area contributed by atoms with Gasteiger partial charge in [-0.15, -0.1) is 0 Å². The maximum Gasteiger partial charge on any atom is 0.0971 e. The minimum atomic E-state index is 0.796. The standard InChI is InChI=1S/C40H24N6/c1-2-10-32-29(9-1)37-30-18-17-26-8-7-21-43-39(26)40(30)44-24-31(37)38(46-32)27-15-13-25(14-16-27)28-22-35(33-11-3-5-19-41-33)45-36(23-28)34-12-4-6-20-42-34/h1-24H. The van der Waals surface area contributed by atoms with Crippen LogP contribution in [0.25, 0.3) is 88.6 Å². The van der Waals surface area contributed by atoms with Crippen LogP contribution in [0.4, 0.5) is 0 Å². The molecule has 46 heavy (non-hydrogen) atoms. The lowest BCUT2D eigenvalue weighted by Crippen LogP contribution is -1.94. The summed E-state index contributed by atoms with van der Waals surface area (Å²) in [5, 5.41) is 5.39. The number of benzene rings is 3. The number of para-hydroxylation sites is 1. The van der Waals surface area contributed by atoms with Crippen LogP contribution >= 0.6 is 0 Å². The Kier molecular flexibility index (Phi) is 6.03. The molecule has 0 spiro atoms. The minimum Gasteiger partial charge on any atom is -0.255 e. The van der Waals surface area contributed by atoms with Crippen molar-refractivity contribution in [1.29, 1.82) is 0 Å². The minimum absolute atomic E-state index is 0.796. The van der Waals surface area contributed by atoms with E-state index in [1.165, 1.54) is 0 Å². The zero-order valence-corrected chi connectivity index (χ0v) is 24.5. The molecule has 6 heteroatoms. The monoisotopic (exact) mass is 588 g/mol. The Bertz CT molecular complexity index is 2510. The molecule has 0 unspecified atom stereocenters. The average molecular weight is 589 g/mol. The van der Waals surface area contributed by atoms with Crippen molar-refractivity contribution in [3.8, 4) is 45.2 Å². The number of hydrogen-bond acceptors (Lipinski definition) is 6. The van der Waals surface area contributed by atoms with E-state index in [0.29, 0.717) is 0 Å². The third-order valence-corrected chi connectivity index (χ3v) is 8.44. The maximum atomic E-state index is 5.17. The quantitative estimate of drug-likeness (QED) is 0.191. The lowest BCUT2D eigenvalue weighted by Gasteiger charge is -2.13. The fraction of sp³-hybridized carbons (Fsp3) is 0. The van der Waals surface area contributed by atoms with E-state index >= 15 is 0 Å². The van der Waals surface area contributed by atoms with Gasteiger partial charge in [-0.2, -0.15) is 0 Å². The predicted molar refractivity (Wildman–Crippen MR) is 185 cm³/mol. The van der Waals surface area contributed by atoms with Gasteiger partial charge in [-0.1, -0.05) is 72.8 Å². The molecule has 6 aromatic heterocycles. The molecule has 9 rings (SSSR count). The third kappa shape index (κ3) is 4.35. The highest BCUT2D eigenvalue weighted by Crippen LogP contribution is 2.38. The summed E-state index contributed by atoms with van der Waals surface area (Å²) in [5.41, 5.74) is 9.97. The van der Waals surface area contributed by atoms with Gasteiger partial charge in [-0.3, -0.25) is 19.9 Å². The van der Waals surface area contributed by atoms with E-state index in [2.05, 4.69) is 87.7 Å². The van der Waals surface area contributed by atoms with Crippen molar-refractivity contribution < 1.29 is 0 Å². The summed E-state index contributed by atoms with van der Waals surface area (Å²) in [6.07, 6.45) is 7.36. The summed E-state index contributed by atoms with van der Waals surface area (Å²) >= 11 is 0. The molecule has 0 bridgehead atoms. The van der Waals surface area contributed by atoms with E-state index in [9.17, 15) is 0 Å². The predicted octanol–water partition coefficient (Wildman–Crippen LogP) is 9.34. The molecular weight excluding hydrogens is 564 g/mol. The summed E-state index contributed by atoms with van der Waals surface area (Å²) in [6, 6.07) is 41.1. The van der Waals surface area contributed by atoms with Gasteiger partial charge in [-0.05, 0) is 59.7 Å². The Hall–Kier alpha value is -6.40. The largest absolute Gasteiger partial charge is 0.255 e. The highest BCUT2D eigenvalue weighted by molar-refractivity contribution is 6.24. The van der Waals surface area contributed by atoms with E-state index < -0.39 is 0 Å². The van der Waals surface area contributed by atoms with Crippen LogP contribution in [0.15, 0.2) is 146 Å². The van der Waals surface area contributed by atoms with Gasteiger partial charge < -0.3 is 0 Å². The van der Waals surface area contributed by atoms with Crippen LogP contribution in [-0.2, 0) is 0 Å². The van der Waals surface area contributed by atoms with Crippen molar-refractivity contribution >= 4 is 43.5 Å². The van der Waals surface area contributed by atoms with Crippen LogP contribution in [0.5, 0.6) is 0 Å². The molecular formula is C40H24N6. The molecule has 9 aromatic rings. The summed E-state index contributed by atoms with van der Waals surface area (Å²) in [5.74, 6) is 0. The van der Waals surface area contributed by atoms with Crippen molar-refractivity contribution in [2.24, 2.45) is 0 Å². The van der Waals surface area contributed by atoms with Crippen LogP contribution < -0.4 is 0 Å². The number of hydrogen-bond donors (Lipinski definition) is 0. The molecule has 0 atom stereocenters. The van der Waals surface area contributed by atoms with Gasteiger partial charge in [-0.25, -0.2) is 9.97 Å². The number of pyridine rings is 6. The van der Waals surface area contributed by atoms with E-state index in [1.54, 1.807) is 12.4 Å². The summed E-state index contributed by atoms with van der Waals surface area (Å²) in [7, 11) is 0. The van der Waals surface area contributed by atoms with Gasteiger partial charge in [0.05, 0.1) is 45.0 Å². The van der Waals surface area contributed by atoms with Gasteiger partial charge in [0, 0.05) is 57.3 Å². The van der Waals surface area contributed by atoms with Crippen molar-refractivity contribution in [3.63, 3.8) is 0 Å². The Morgan fingerprint density at radius 1 is 0.391 bits per heavy atom. The molecule has 0 aliphatic heterocycles. The van der Waals surface area contributed by atoms with Crippen LogP contribution in [0.1, 0.15) is 0 Å². The average Bonchev–Trinajstić information content (AvgIpc) is 3.14. The zero-order chi connectivity index (χ0) is 30.5. The first-order valence-corrected chi connectivity index (χ1v) is 15.1. The molecule has 0 fully saturated rings. The van der Waals surface area contributed by atoms with Crippen molar-refractivity contribution in [2.45, 2.75) is 0 Å². The molecule has 6 heterocycles. The second kappa shape index (κ2) is 10.6. The maximum absolute atomic E-state index is 5.17. The first-order chi connectivity index (χ1) is 22.8. The molecule has 214 valence electrons.